The molecule has 122 valence electrons. The van der Waals surface area contributed by atoms with Crippen LogP contribution in [0.1, 0.15) is 5.56 Å². The van der Waals surface area contributed by atoms with Gasteiger partial charge in [-0.1, -0.05) is 0 Å². The van der Waals surface area contributed by atoms with Gasteiger partial charge in [0.1, 0.15) is 0 Å². The molecule has 0 unspecified atom stereocenters. The first-order valence-corrected chi connectivity index (χ1v) is 6.37. The Morgan fingerprint density at radius 2 is 1.78 bits per heavy atom. The number of ether oxygens (including phenoxy) is 3. The summed E-state index contributed by atoms with van der Waals surface area (Å²) in [6, 6.07) is 3.36. The predicted molar refractivity (Wildman–Crippen MR) is 82.8 cm³/mol. The molecule has 0 aliphatic heterocycles. The van der Waals surface area contributed by atoms with Crippen molar-refractivity contribution in [3.05, 3.63) is 38.5 Å². The Morgan fingerprint density at radius 3 is 2.30 bits per heavy atom. The molecule has 0 aliphatic carbocycles. The fourth-order valence-corrected chi connectivity index (χ4v) is 1.77. The van der Waals surface area contributed by atoms with Crippen LogP contribution in [0, 0.1) is 0 Å². The van der Waals surface area contributed by atoms with E-state index < -0.39 is 11.2 Å². The molecule has 0 atom stereocenters. The number of hydrogen-bond donors (Lipinski definition) is 3. The highest BCUT2D eigenvalue weighted by Gasteiger charge is 2.12. The number of hydrogen-bond acceptors (Lipinski definition) is 8. The first-order valence-electron chi connectivity index (χ1n) is 6.37. The molecule has 2 aromatic rings. The number of aromatic nitrogens is 3. The molecular formula is C13H15N5O5. The first-order chi connectivity index (χ1) is 11.1. The fraction of sp³-hybridized carbons (Fsp3) is 0.231. The smallest absolute Gasteiger partial charge is 0.342 e. The Kier molecular flexibility index (Phi) is 4.97. The SMILES string of the molecule is COc1cc(C=NNc2n[nH]c(=O)[nH]c2=O)cc(OC)c1OC. The van der Waals surface area contributed by atoms with Crippen LogP contribution in [0.4, 0.5) is 5.82 Å². The minimum Gasteiger partial charge on any atom is -0.493 e. The summed E-state index contributed by atoms with van der Waals surface area (Å²) in [5, 5.41) is 9.49. The molecule has 0 fully saturated rings. The normalized spacial score (nSPS) is 10.6. The van der Waals surface area contributed by atoms with Crippen LogP contribution in [0.5, 0.6) is 17.2 Å². The molecule has 10 heteroatoms. The van der Waals surface area contributed by atoms with E-state index in [-0.39, 0.29) is 5.82 Å². The summed E-state index contributed by atoms with van der Waals surface area (Å²) >= 11 is 0. The molecule has 0 radical (unpaired) electrons. The minimum atomic E-state index is -0.700. The van der Waals surface area contributed by atoms with Gasteiger partial charge < -0.3 is 14.2 Å². The van der Waals surface area contributed by atoms with Crippen molar-refractivity contribution in [2.75, 3.05) is 26.8 Å². The van der Waals surface area contributed by atoms with Crippen LogP contribution in [0.2, 0.25) is 0 Å². The summed E-state index contributed by atoms with van der Waals surface area (Å²) in [5.41, 5.74) is 1.67. The lowest BCUT2D eigenvalue weighted by Gasteiger charge is -2.12. The van der Waals surface area contributed by atoms with Gasteiger partial charge in [-0.3, -0.25) is 15.2 Å². The first kappa shape index (κ1) is 16.1. The van der Waals surface area contributed by atoms with Crippen LogP contribution in [-0.4, -0.2) is 42.7 Å². The monoisotopic (exact) mass is 321 g/mol. The molecule has 0 amide bonds. The standard InChI is InChI=1S/C13H15N5O5/c1-21-8-4-7(5-9(22-2)10(8)23-3)6-14-16-11-12(19)15-13(20)18-17-11/h4-6H,1-3H3,(H,16,17)(H2,15,18,19,20). The third-order valence-corrected chi connectivity index (χ3v) is 2.78. The van der Waals surface area contributed by atoms with E-state index in [4.69, 9.17) is 14.2 Å². The lowest BCUT2D eigenvalue weighted by atomic mass is 10.2. The highest BCUT2D eigenvalue weighted by atomic mass is 16.5. The Bertz CT molecular complexity index is 801. The van der Waals surface area contributed by atoms with Gasteiger partial charge in [-0.25, -0.2) is 9.89 Å². The number of aromatic amines is 2. The molecule has 0 spiro atoms. The van der Waals surface area contributed by atoms with E-state index in [9.17, 15) is 9.59 Å². The molecule has 1 heterocycles. The highest BCUT2D eigenvalue weighted by molar-refractivity contribution is 5.82. The average molecular weight is 321 g/mol. The third-order valence-electron chi connectivity index (χ3n) is 2.78. The quantitative estimate of drug-likeness (QED) is 0.501. The van der Waals surface area contributed by atoms with Gasteiger partial charge in [-0.2, -0.15) is 5.10 Å². The second-order valence-electron chi connectivity index (χ2n) is 4.18. The van der Waals surface area contributed by atoms with Crippen LogP contribution < -0.4 is 30.9 Å². The number of benzene rings is 1. The van der Waals surface area contributed by atoms with Crippen molar-refractivity contribution in [2.45, 2.75) is 0 Å². The third kappa shape index (κ3) is 3.67. The zero-order chi connectivity index (χ0) is 16.8. The number of H-pyrrole nitrogens is 2. The minimum absolute atomic E-state index is 0.145. The molecule has 23 heavy (non-hydrogen) atoms. The van der Waals surface area contributed by atoms with Crippen molar-refractivity contribution >= 4 is 12.0 Å². The number of rotatable bonds is 6. The maximum atomic E-state index is 11.4. The lowest BCUT2D eigenvalue weighted by molar-refractivity contribution is 0.324. The van der Waals surface area contributed by atoms with Crippen LogP contribution in [0.15, 0.2) is 26.8 Å². The second kappa shape index (κ2) is 7.11. The Morgan fingerprint density at radius 1 is 1.13 bits per heavy atom. The van der Waals surface area contributed by atoms with Crippen molar-refractivity contribution in [1.29, 1.82) is 0 Å². The van der Waals surface area contributed by atoms with E-state index in [0.717, 1.165) is 0 Å². The van der Waals surface area contributed by atoms with Crippen LogP contribution in [0.3, 0.4) is 0 Å². The summed E-state index contributed by atoms with van der Waals surface area (Å²) < 4.78 is 15.7. The van der Waals surface area contributed by atoms with Crippen LogP contribution >= 0.6 is 0 Å². The molecule has 0 bridgehead atoms. The van der Waals surface area contributed by atoms with Gasteiger partial charge in [0.05, 0.1) is 27.5 Å². The number of nitrogens with zero attached hydrogens (tertiary/aromatic N) is 2. The average Bonchev–Trinajstić information content (AvgIpc) is 2.55. The van der Waals surface area contributed by atoms with Gasteiger partial charge in [-0.15, -0.1) is 5.10 Å². The molecule has 0 saturated carbocycles. The topological polar surface area (TPSA) is 131 Å². The number of methoxy groups -OCH3 is 3. The Labute approximate surface area is 130 Å². The zero-order valence-electron chi connectivity index (χ0n) is 12.7. The summed E-state index contributed by atoms with van der Waals surface area (Å²) in [5.74, 6) is 1.24. The van der Waals surface area contributed by atoms with Gasteiger partial charge in [0.25, 0.3) is 5.56 Å². The van der Waals surface area contributed by atoms with Gasteiger partial charge in [0, 0.05) is 5.56 Å². The number of nitrogens with one attached hydrogen (secondary N) is 3. The van der Waals surface area contributed by atoms with E-state index in [2.05, 4.69) is 20.7 Å². The van der Waals surface area contributed by atoms with Crippen molar-refractivity contribution < 1.29 is 14.2 Å². The molecular weight excluding hydrogens is 306 g/mol. The summed E-state index contributed by atoms with van der Waals surface area (Å²) in [6.07, 6.45) is 1.43. The summed E-state index contributed by atoms with van der Waals surface area (Å²) in [4.78, 5) is 24.3. The van der Waals surface area contributed by atoms with Gasteiger partial charge >= 0.3 is 5.69 Å². The fourth-order valence-electron chi connectivity index (χ4n) is 1.77. The van der Waals surface area contributed by atoms with E-state index in [0.29, 0.717) is 22.8 Å². The lowest BCUT2D eigenvalue weighted by Crippen LogP contribution is -2.25. The van der Waals surface area contributed by atoms with Crippen molar-refractivity contribution in [3.8, 4) is 17.2 Å². The van der Waals surface area contributed by atoms with E-state index >= 15 is 0 Å². The predicted octanol–water partition coefficient (Wildman–Crippen LogP) is -0.0700. The zero-order valence-corrected chi connectivity index (χ0v) is 12.7. The summed E-state index contributed by atoms with van der Waals surface area (Å²) in [6.45, 7) is 0. The van der Waals surface area contributed by atoms with Gasteiger partial charge in [-0.05, 0) is 12.1 Å². The van der Waals surface area contributed by atoms with Crippen LogP contribution in [-0.2, 0) is 0 Å². The molecule has 0 saturated heterocycles. The molecule has 2 rings (SSSR count). The maximum absolute atomic E-state index is 11.4. The van der Waals surface area contributed by atoms with Crippen molar-refractivity contribution in [1.82, 2.24) is 15.2 Å². The van der Waals surface area contributed by atoms with Crippen LogP contribution in [0.25, 0.3) is 0 Å². The molecule has 1 aromatic carbocycles. The highest BCUT2D eigenvalue weighted by Crippen LogP contribution is 2.37. The molecule has 3 N–H and O–H groups in total. The van der Waals surface area contributed by atoms with Gasteiger partial charge in [0.2, 0.25) is 11.6 Å². The van der Waals surface area contributed by atoms with E-state index in [1.165, 1.54) is 27.5 Å². The molecule has 0 aliphatic rings. The second-order valence-corrected chi connectivity index (χ2v) is 4.18. The summed E-state index contributed by atoms with van der Waals surface area (Å²) in [7, 11) is 4.50. The van der Waals surface area contributed by atoms with Gasteiger partial charge in [0.15, 0.2) is 11.5 Å². The molecule has 10 nitrogen and oxygen atoms in total. The number of anilines is 1. The maximum Gasteiger partial charge on any atom is 0.342 e. The Balaban J connectivity index is 2.25. The molecule has 1 aromatic heterocycles. The largest absolute Gasteiger partial charge is 0.493 e. The van der Waals surface area contributed by atoms with Crippen molar-refractivity contribution in [3.63, 3.8) is 0 Å². The Hall–Kier alpha value is -3.30. The van der Waals surface area contributed by atoms with E-state index in [1.807, 2.05) is 4.98 Å². The van der Waals surface area contributed by atoms with Crippen molar-refractivity contribution in [2.24, 2.45) is 5.10 Å². The van der Waals surface area contributed by atoms with E-state index in [1.54, 1.807) is 12.1 Å². The number of hydrazone groups is 1.